The van der Waals surface area contributed by atoms with Gasteiger partial charge < -0.3 is 19.2 Å². The fourth-order valence-corrected chi connectivity index (χ4v) is 2.74. The van der Waals surface area contributed by atoms with Gasteiger partial charge in [-0.2, -0.15) is 0 Å². The second-order valence-electron chi connectivity index (χ2n) is 5.52. The zero-order chi connectivity index (χ0) is 15.9. The Balaban J connectivity index is 2.05. The summed E-state index contributed by atoms with van der Waals surface area (Å²) in [5, 5.41) is 0. The molecule has 3 aromatic rings. The van der Waals surface area contributed by atoms with Crippen LogP contribution in [0.3, 0.4) is 0 Å². The molecule has 0 saturated carbocycles. The summed E-state index contributed by atoms with van der Waals surface area (Å²) in [6.45, 7) is 4.21. The number of aromatic amines is 1. The molecule has 0 unspecified atom stereocenters. The number of hydrogen-bond acceptors (Lipinski definition) is 4. The van der Waals surface area contributed by atoms with E-state index in [4.69, 9.17) is 14.2 Å². The fraction of sp³-hybridized carbons (Fsp3) is 0.286. The van der Waals surface area contributed by atoms with Crippen LogP contribution in [0.15, 0.2) is 28.8 Å². The number of pyridine rings is 1. The molecular weight excluding hydrogens is 305 g/mol. The first-order chi connectivity index (χ1) is 10.3. The molecule has 0 radical (unpaired) electrons. The predicted molar refractivity (Wildman–Crippen MR) is 81.8 cm³/mol. The van der Waals surface area contributed by atoms with Crippen molar-refractivity contribution in [3.63, 3.8) is 0 Å². The van der Waals surface area contributed by atoms with Crippen LogP contribution >= 0.6 is 7.60 Å². The summed E-state index contributed by atoms with van der Waals surface area (Å²) in [5.41, 5.74) is 2.08. The lowest BCUT2D eigenvalue weighted by molar-refractivity contribution is 0.377. The Morgan fingerprint density at radius 3 is 2.73 bits per heavy atom. The van der Waals surface area contributed by atoms with Crippen LogP contribution in [0, 0.1) is 5.92 Å². The monoisotopic (exact) mass is 321 g/mol. The van der Waals surface area contributed by atoms with E-state index in [2.05, 4.69) is 28.8 Å². The second kappa shape index (κ2) is 5.35. The molecule has 0 spiro atoms. The summed E-state index contributed by atoms with van der Waals surface area (Å²) in [5.74, 6) is 1.15. The van der Waals surface area contributed by atoms with Crippen molar-refractivity contribution in [1.82, 2.24) is 15.0 Å². The average Bonchev–Trinajstić information content (AvgIpc) is 3.04. The Morgan fingerprint density at radius 2 is 2.09 bits per heavy atom. The van der Waals surface area contributed by atoms with Crippen molar-refractivity contribution < 1.29 is 18.8 Å². The first-order valence-electron chi connectivity index (χ1n) is 6.84. The Hall–Kier alpha value is -1.95. The second-order valence-corrected chi connectivity index (χ2v) is 7.05. The molecular formula is C14H16N3O4P. The van der Waals surface area contributed by atoms with Gasteiger partial charge in [0.15, 0.2) is 11.6 Å². The van der Waals surface area contributed by atoms with Crippen molar-refractivity contribution in [3.05, 3.63) is 30.1 Å². The van der Waals surface area contributed by atoms with Crippen molar-refractivity contribution in [1.29, 1.82) is 0 Å². The van der Waals surface area contributed by atoms with Crippen molar-refractivity contribution in [2.45, 2.75) is 20.3 Å². The summed E-state index contributed by atoms with van der Waals surface area (Å²) in [7, 11) is -4.40. The third-order valence-corrected chi connectivity index (χ3v) is 4.01. The zero-order valence-corrected chi connectivity index (χ0v) is 13.0. The number of nitrogens with one attached hydrogen (secondary N) is 1. The summed E-state index contributed by atoms with van der Waals surface area (Å²) in [6, 6.07) is 4.56. The van der Waals surface area contributed by atoms with Crippen LogP contribution in [-0.4, -0.2) is 24.7 Å². The summed E-state index contributed by atoms with van der Waals surface area (Å²) >= 11 is 0. The Kier molecular flexibility index (Phi) is 3.64. The smallest absolute Gasteiger partial charge is 0.391 e. The lowest BCUT2D eigenvalue weighted by Crippen LogP contribution is -1.98. The van der Waals surface area contributed by atoms with Gasteiger partial charge in [-0.15, -0.1) is 0 Å². The Labute approximate surface area is 126 Å². The van der Waals surface area contributed by atoms with E-state index in [0.29, 0.717) is 11.7 Å². The molecule has 0 atom stereocenters. The van der Waals surface area contributed by atoms with Gasteiger partial charge in [0.2, 0.25) is 5.50 Å². The molecule has 3 rings (SSSR count). The first kappa shape index (κ1) is 15.0. The number of aromatic nitrogens is 3. The highest BCUT2D eigenvalue weighted by Gasteiger charge is 2.23. The number of rotatable bonds is 4. The van der Waals surface area contributed by atoms with E-state index >= 15 is 0 Å². The molecule has 116 valence electrons. The first-order valence-corrected chi connectivity index (χ1v) is 8.46. The van der Waals surface area contributed by atoms with Crippen LogP contribution in [0.5, 0.6) is 0 Å². The van der Waals surface area contributed by atoms with Gasteiger partial charge in [0, 0.05) is 6.20 Å². The van der Waals surface area contributed by atoms with Crippen LogP contribution in [0.4, 0.5) is 0 Å². The predicted octanol–water partition coefficient (Wildman–Crippen LogP) is 2.22. The van der Waals surface area contributed by atoms with E-state index in [1.165, 1.54) is 12.1 Å². The van der Waals surface area contributed by atoms with Crippen molar-refractivity contribution in [3.8, 4) is 11.6 Å². The Morgan fingerprint density at radius 1 is 1.32 bits per heavy atom. The van der Waals surface area contributed by atoms with Crippen LogP contribution in [0.25, 0.3) is 22.6 Å². The molecule has 0 aliphatic heterocycles. The van der Waals surface area contributed by atoms with Gasteiger partial charge in [0.25, 0.3) is 0 Å². The summed E-state index contributed by atoms with van der Waals surface area (Å²) in [6.07, 6.45) is 2.51. The number of imidazole rings is 1. The van der Waals surface area contributed by atoms with Gasteiger partial charge in [-0.05, 0) is 30.5 Å². The van der Waals surface area contributed by atoms with E-state index in [-0.39, 0.29) is 11.3 Å². The quantitative estimate of drug-likeness (QED) is 0.635. The SMILES string of the molecule is CC(C)Cc1nccc2[nH]c(-c3ccc(P(=O)(O)O)o3)nc12. The molecule has 0 amide bonds. The van der Waals surface area contributed by atoms with Gasteiger partial charge >= 0.3 is 7.60 Å². The maximum Gasteiger partial charge on any atom is 0.391 e. The number of hydrogen-bond donors (Lipinski definition) is 3. The van der Waals surface area contributed by atoms with Gasteiger partial charge in [0.05, 0.1) is 11.2 Å². The number of H-pyrrole nitrogens is 1. The summed E-state index contributed by atoms with van der Waals surface area (Å²) < 4.78 is 16.4. The minimum absolute atomic E-state index is 0.282. The zero-order valence-electron chi connectivity index (χ0n) is 12.1. The molecule has 0 aliphatic rings. The van der Waals surface area contributed by atoms with Crippen molar-refractivity contribution in [2.75, 3.05) is 0 Å². The molecule has 22 heavy (non-hydrogen) atoms. The van der Waals surface area contributed by atoms with E-state index in [1.807, 2.05) is 6.07 Å². The molecule has 3 N–H and O–H groups in total. The van der Waals surface area contributed by atoms with E-state index in [1.54, 1.807) is 6.20 Å². The topological polar surface area (TPSA) is 112 Å². The molecule has 0 aliphatic carbocycles. The van der Waals surface area contributed by atoms with Crippen molar-refractivity contribution in [2.24, 2.45) is 5.92 Å². The highest BCUT2D eigenvalue weighted by molar-refractivity contribution is 7.59. The van der Waals surface area contributed by atoms with Crippen LogP contribution in [-0.2, 0) is 11.0 Å². The fourth-order valence-electron chi connectivity index (χ4n) is 2.25. The average molecular weight is 321 g/mol. The number of nitrogens with zero attached hydrogens (tertiary/aromatic N) is 2. The van der Waals surface area contributed by atoms with E-state index in [0.717, 1.165) is 23.1 Å². The van der Waals surface area contributed by atoms with Crippen LogP contribution in [0.2, 0.25) is 0 Å². The molecule has 0 bridgehead atoms. The number of furan rings is 1. The molecule has 3 aromatic heterocycles. The molecule has 8 heteroatoms. The highest BCUT2D eigenvalue weighted by Crippen LogP contribution is 2.35. The lowest BCUT2D eigenvalue weighted by Gasteiger charge is -2.03. The Bertz CT molecular complexity index is 862. The van der Waals surface area contributed by atoms with Gasteiger partial charge in [-0.3, -0.25) is 9.55 Å². The maximum atomic E-state index is 11.2. The molecule has 0 aromatic carbocycles. The highest BCUT2D eigenvalue weighted by atomic mass is 31.2. The largest absolute Gasteiger partial charge is 0.445 e. The van der Waals surface area contributed by atoms with Crippen LogP contribution < -0.4 is 5.50 Å². The van der Waals surface area contributed by atoms with E-state index < -0.39 is 7.60 Å². The standard InChI is InChI=1S/C14H16N3O4P/c1-8(2)7-10-13-9(5-6-15-10)16-14(17-13)11-3-4-12(21-11)22(18,19)20/h3-6,8H,7H2,1-2H3,(H,16,17)(H2,18,19,20). The van der Waals surface area contributed by atoms with Crippen molar-refractivity contribution >= 4 is 24.1 Å². The van der Waals surface area contributed by atoms with Gasteiger partial charge in [-0.1, -0.05) is 13.8 Å². The third-order valence-electron chi connectivity index (χ3n) is 3.19. The molecule has 0 fully saturated rings. The van der Waals surface area contributed by atoms with E-state index in [9.17, 15) is 4.57 Å². The lowest BCUT2D eigenvalue weighted by atomic mass is 10.1. The molecule has 0 saturated heterocycles. The van der Waals surface area contributed by atoms with Gasteiger partial charge in [0.1, 0.15) is 5.52 Å². The summed E-state index contributed by atoms with van der Waals surface area (Å²) in [4.78, 5) is 30.1. The number of fused-ring (bicyclic) bond motifs is 1. The molecule has 7 nitrogen and oxygen atoms in total. The minimum Gasteiger partial charge on any atom is -0.445 e. The maximum absolute atomic E-state index is 11.2. The van der Waals surface area contributed by atoms with Gasteiger partial charge in [-0.25, -0.2) is 4.98 Å². The minimum atomic E-state index is -4.40. The third kappa shape index (κ3) is 2.83. The normalized spacial score (nSPS) is 12.4. The van der Waals surface area contributed by atoms with Crippen LogP contribution in [0.1, 0.15) is 19.5 Å². The molecule has 3 heterocycles.